The molecular formula is C25H22ClNO5. The van der Waals surface area contributed by atoms with Gasteiger partial charge in [0.25, 0.3) is 0 Å². The minimum Gasteiger partial charge on any atom is -0.495 e. The summed E-state index contributed by atoms with van der Waals surface area (Å²) in [5, 5.41) is 12.3. The van der Waals surface area contributed by atoms with Gasteiger partial charge in [-0.2, -0.15) is 0 Å². The number of halogens is 1. The van der Waals surface area contributed by atoms with Crippen molar-refractivity contribution in [2.24, 2.45) is 0 Å². The predicted molar refractivity (Wildman–Crippen MR) is 121 cm³/mol. The molecular weight excluding hydrogens is 430 g/mol. The molecule has 1 aliphatic rings. The largest absolute Gasteiger partial charge is 0.495 e. The Morgan fingerprint density at radius 2 is 1.66 bits per heavy atom. The van der Waals surface area contributed by atoms with Crippen LogP contribution in [0.3, 0.4) is 0 Å². The Balaban J connectivity index is 1.48. The second kappa shape index (κ2) is 9.32. The van der Waals surface area contributed by atoms with Crippen molar-refractivity contribution in [3.63, 3.8) is 0 Å². The molecule has 0 aromatic heterocycles. The van der Waals surface area contributed by atoms with Crippen LogP contribution in [-0.2, 0) is 9.53 Å². The molecule has 0 fully saturated rings. The van der Waals surface area contributed by atoms with E-state index in [1.165, 1.54) is 7.11 Å². The number of hydrogen-bond donors (Lipinski definition) is 2. The molecule has 2 N–H and O–H groups in total. The van der Waals surface area contributed by atoms with E-state index in [0.717, 1.165) is 22.3 Å². The van der Waals surface area contributed by atoms with Gasteiger partial charge in [-0.1, -0.05) is 66.2 Å². The average Bonchev–Trinajstić information content (AvgIpc) is 3.10. The zero-order valence-corrected chi connectivity index (χ0v) is 18.1. The van der Waals surface area contributed by atoms with Gasteiger partial charge in [-0.15, -0.1) is 0 Å². The lowest BCUT2D eigenvalue weighted by Gasteiger charge is -2.20. The summed E-state index contributed by atoms with van der Waals surface area (Å²) in [6.45, 7) is 0.142. The van der Waals surface area contributed by atoms with Gasteiger partial charge >= 0.3 is 12.1 Å². The number of fused-ring (bicyclic) bond motifs is 3. The van der Waals surface area contributed by atoms with Gasteiger partial charge < -0.3 is 19.9 Å². The van der Waals surface area contributed by atoms with Gasteiger partial charge in [0.15, 0.2) is 0 Å². The maximum atomic E-state index is 12.6. The number of methoxy groups -OCH3 is 1. The highest BCUT2D eigenvalue weighted by Crippen LogP contribution is 2.44. The minimum atomic E-state index is -1.05. The number of carboxylic acid groups (broad SMARTS) is 1. The van der Waals surface area contributed by atoms with Gasteiger partial charge in [-0.25, -0.2) is 4.79 Å². The average molecular weight is 452 g/mol. The van der Waals surface area contributed by atoms with Crippen molar-refractivity contribution < 1.29 is 24.2 Å². The molecule has 0 radical (unpaired) electrons. The molecule has 164 valence electrons. The van der Waals surface area contributed by atoms with Gasteiger partial charge in [0.05, 0.1) is 24.6 Å². The van der Waals surface area contributed by atoms with E-state index in [2.05, 4.69) is 17.4 Å². The van der Waals surface area contributed by atoms with E-state index in [1.807, 2.05) is 36.4 Å². The SMILES string of the molecule is COc1ccc([C@@H](CC(=O)O)NC(=O)OCC2c3ccccc3-c3ccccc32)cc1Cl. The summed E-state index contributed by atoms with van der Waals surface area (Å²) in [4.78, 5) is 24.0. The number of benzene rings is 3. The van der Waals surface area contributed by atoms with Gasteiger partial charge in [-0.05, 0) is 39.9 Å². The number of carboxylic acids is 1. The van der Waals surface area contributed by atoms with Crippen molar-refractivity contribution in [1.29, 1.82) is 0 Å². The van der Waals surface area contributed by atoms with Crippen molar-refractivity contribution in [3.8, 4) is 16.9 Å². The zero-order chi connectivity index (χ0) is 22.7. The van der Waals surface area contributed by atoms with Crippen LogP contribution in [0.1, 0.15) is 35.1 Å². The standard InChI is InChI=1S/C25H22ClNO5/c1-31-23-11-10-15(12-21(23)26)22(13-24(28)29)27-25(30)32-14-20-18-8-4-2-6-16(18)17-7-3-5-9-19(17)20/h2-12,20,22H,13-14H2,1H3,(H,27,30)(H,28,29)/t22-/m1/s1. The molecule has 7 heteroatoms. The molecule has 0 bridgehead atoms. The van der Waals surface area contributed by atoms with E-state index >= 15 is 0 Å². The molecule has 4 rings (SSSR count). The first-order valence-electron chi connectivity index (χ1n) is 10.1. The summed E-state index contributed by atoms with van der Waals surface area (Å²) in [5.41, 5.74) is 5.02. The molecule has 1 amide bonds. The van der Waals surface area contributed by atoms with E-state index < -0.39 is 18.1 Å². The third kappa shape index (κ3) is 4.41. The molecule has 1 atom stereocenters. The van der Waals surface area contributed by atoms with Gasteiger partial charge in [0, 0.05) is 5.92 Å². The summed E-state index contributed by atoms with van der Waals surface area (Å²) in [7, 11) is 1.49. The molecule has 0 heterocycles. The van der Waals surface area contributed by atoms with Crippen LogP contribution in [0.25, 0.3) is 11.1 Å². The molecule has 6 nitrogen and oxygen atoms in total. The van der Waals surface area contributed by atoms with Crippen LogP contribution >= 0.6 is 11.6 Å². The van der Waals surface area contributed by atoms with Gasteiger partial charge in [0.2, 0.25) is 0 Å². The smallest absolute Gasteiger partial charge is 0.407 e. The van der Waals surface area contributed by atoms with E-state index in [-0.39, 0.29) is 18.9 Å². The molecule has 3 aromatic carbocycles. The fraction of sp³-hybridized carbons (Fsp3) is 0.200. The highest BCUT2D eigenvalue weighted by Gasteiger charge is 2.29. The maximum Gasteiger partial charge on any atom is 0.407 e. The summed E-state index contributed by atoms with van der Waals surface area (Å²) in [6, 6.07) is 20.2. The Morgan fingerprint density at radius 3 is 2.22 bits per heavy atom. The lowest BCUT2D eigenvalue weighted by Crippen LogP contribution is -2.31. The molecule has 0 saturated heterocycles. The number of alkyl carbamates (subject to hydrolysis) is 1. The third-order valence-corrected chi connectivity index (χ3v) is 5.89. The highest BCUT2D eigenvalue weighted by atomic mass is 35.5. The highest BCUT2D eigenvalue weighted by molar-refractivity contribution is 6.32. The lowest BCUT2D eigenvalue weighted by atomic mass is 9.98. The maximum absolute atomic E-state index is 12.6. The van der Waals surface area contributed by atoms with Crippen LogP contribution < -0.4 is 10.1 Å². The molecule has 3 aromatic rings. The van der Waals surface area contributed by atoms with Crippen LogP contribution in [0.2, 0.25) is 5.02 Å². The first-order chi connectivity index (χ1) is 15.5. The van der Waals surface area contributed by atoms with Crippen LogP contribution in [0.15, 0.2) is 66.7 Å². The van der Waals surface area contributed by atoms with Crippen molar-refractivity contribution in [1.82, 2.24) is 5.32 Å². The zero-order valence-electron chi connectivity index (χ0n) is 17.4. The molecule has 0 saturated carbocycles. The minimum absolute atomic E-state index is 0.0819. The van der Waals surface area contributed by atoms with E-state index in [9.17, 15) is 14.7 Å². The van der Waals surface area contributed by atoms with Crippen molar-refractivity contribution >= 4 is 23.7 Å². The van der Waals surface area contributed by atoms with E-state index in [0.29, 0.717) is 16.3 Å². The summed E-state index contributed by atoms with van der Waals surface area (Å²) in [6.07, 6.45) is -1.00. The monoisotopic (exact) mass is 451 g/mol. The number of hydrogen-bond acceptors (Lipinski definition) is 4. The number of ether oxygens (including phenoxy) is 2. The normalized spacial score (nSPS) is 13.1. The molecule has 0 spiro atoms. The Morgan fingerprint density at radius 1 is 1.03 bits per heavy atom. The number of aliphatic carboxylic acids is 1. The molecule has 0 aliphatic heterocycles. The molecule has 0 unspecified atom stereocenters. The third-order valence-electron chi connectivity index (χ3n) is 5.59. The van der Waals surface area contributed by atoms with Gasteiger partial charge in [-0.3, -0.25) is 4.79 Å². The fourth-order valence-corrected chi connectivity index (χ4v) is 4.37. The number of carbonyl (C=O) groups excluding carboxylic acids is 1. The Bertz CT molecular complexity index is 1120. The first-order valence-corrected chi connectivity index (χ1v) is 10.5. The Hall–Kier alpha value is -3.51. The lowest BCUT2D eigenvalue weighted by molar-refractivity contribution is -0.137. The van der Waals surface area contributed by atoms with Crippen molar-refractivity contribution in [2.75, 3.05) is 13.7 Å². The topological polar surface area (TPSA) is 84.9 Å². The Kier molecular flexibility index (Phi) is 6.32. The van der Waals surface area contributed by atoms with Crippen LogP contribution in [-0.4, -0.2) is 30.9 Å². The van der Waals surface area contributed by atoms with Crippen molar-refractivity contribution in [2.45, 2.75) is 18.4 Å². The quantitative estimate of drug-likeness (QED) is 0.502. The summed E-state index contributed by atoms with van der Waals surface area (Å²) in [5.74, 6) is -0.673. The summed E-state index contributed by atoms with van der Waals surface area (Å²) >= 11 is 6.17. The number of amides is 1. The second-order valence-corrected chi connectivity index (χ2v) is 7.92. The second-order valence-electron chi connectivity index (χ2n) is 7.51. The number of rotatable bonds is 7. The first kappa shape index (κ1) is 21.7. The van der Waals surface area contributed by atoms with Gasteiger partial charge in [0.1, 0.15) is 12.4 Å². The summed E-state index contributed by atoms with van der Waals surface area (Å²) < 4.78 is 10.7. The fourth-order valence-electron chi connectivity index (χ4n) is 4.11. The van der Waals surface area contributed by atoms with Crippen LogP contribution in [0, 0.1) is 0 Å². The van der Waals surface area contributed by atoms with E-state index in [1.54, 1.807) is 18.2 Å². The predicted octanol–water partition coefficient (Wildman–Crippen LogP) is 5.40. The van der Waals surface area contributed by atoms with Crippen molar-refractivity contribution in [3.05, 3.63) is 88.4 Å². The number of carbonyl (C=O) groups is 2. The Labute approximate surface area is 190 Å². The van der Waals surface area contributed by atoms with Crippen LogP contribution in [0.5, 0.6) is 5.75 Å². The molecule has 32 heavy (non-hydrogen) atoms. The molecule has 1 aliphatic carbocycles. The van der Waals surface area contributed by atoms with Crippen LogP contribution in [0.4, 0.5) is 4.79 Å². The number of nitrogens with one attached hydrogen (secondary N) is 1. The van der Waals surface area contributed by atoms with E-state index in [4.69, 9.17) is 21.1 Å².